The summed E-state index contributed by atoms with van der Waals surface area (Å²) in [6.07, 6.45) is 10.9. The molecule has 4 rings (SSSR count). The van der Waals surface area contributed by atoms with Crippen LogP contribution in [0.5, 0.6) is 0 Å². The Bertz CT molecular complexity index is 918. The zero-order valence-corrected chi connectivity index (χ0v) is 17.3. The Morgan fingerprint density at radius 1 is 1.28 bits per heavy atom. The quantitative estimate of drug-likeness (QED) is 0.644. The van der Waals surface area contributed by atoms with Crippen LogP contribution in [0, 0.1) is 5.92 Å². The van der Waals surface area contributed by atoms with Crippen molar-refractivity contribution in [1.29, 1.82) is 0 Å². The monoisotopic (exact) mass is 411 g/mol. The fraction of sp³-hybridized carbons (Fsp3) is 0.429. The first-order valence-electron chi connectivity index (χ1n) is 9.93. The van der Waals surface area contributed by atoms with E-state index in [0.717, 1.165) is 47.5 Å². The van der Waals surface area contributed by atoms with Gasteiger partial charge in [0.05, 0.1) is 41.3 Å². The van der Waals surface area contributed by atoms with Crippen molar-refractivity contribution in [3.63, 3.8) is 0 Å². The van der Waals surface area contributed by atoms with Crippen molar-refractivity contribution < 1.29 is 9.53 Å². The second-order valence-corrected chi connectivity index (χ2v) is 8.15. The zero-order valence-electron chi connectivity index (χ0n) is 16.5. The highest BCUT2D eigenvalue weighted by atomic mass is 32.1. The van der Waals surface area contributed by atoms with Crippen LogP contribution < -0.4 is 5.32 Å². The van der Waals surface area contributed by atoms with Crippen LogP contribution in [0.1, 0.15) is 25.7 Å². The molecule has 3 aromatic heterocycles. The van der Waals surface area contributed by atoms with Gasteiger partial charge in [0.15, 0.2) is 0 Å². The Hall–Kier alpha value is -2.58. The molecule has 8 heteroatoms. The van der Waals surface area contributed by atoms with E-state index in [1.807, 2.05) is 22.3 Å². The first-order chi connectivity index (χ1) is 14.3. The number of hydrogen-bond acceptors (Lipinski definition) is 6. The predicted octanol–water partition coefficient (Wildman–Crippen LogP) is 3.39. The highest BCUT2D eigenvalue weighted by Crippen LogP contribution is 2.33. The third-order valence-corrected chi connectivity index (χ3v) is 6.31. The number of nitrogens with zero attached hydrogens (tertiary/aromatic N) is 4. The molecule has 1 aliphatic rings. The van der Waals surface area contributed by atoms with Crippen molar-refractivity contribution in [2.45, 2.75) is 38.3 Å². The molecule has 1 amide bonds. The molecule has 1 saturated carbocycles. The van der Waals surface area contributed by atoms with Crippen LogP contribution in [0.15, 0.2) is 42.3 Å². The van der Waals surface area contributed by atoms with Crippen LogP contribution in [-0.2, 0) is 16.1 Å². The first-order valence-corrected chi connectivity index (χ1v) is 10.8. The molecule has 0 saturated heterocycles. The average Bonchev–Trinajstić information content (AvgIpc) is 3.44. The van der Waals surface area contributed by atoms with E-state index in [-0.39, 0.29) is 11.8 Å². The van der Waals surface area contributed by atoms with Crippen LogP contribution in [0.2, 0.25) is 0 Å². The third-order valence-electron chi connectivity index (χ3n) is 5.43. The molecule has 0 atom stereocenters. The van der Waals surface area contributed by atoms with Crippen molar-refractivity contribution in [3.05, 3.63) is 42.3 Å². The average molecular weight is 412 g/mol. The number of aromatic nitrogens is 4. The largest absolute Gasteiger partial charge is 0.381 e. The number of carbonyl (C=O) groups is 1. The summed E-state index contributed by atoms with van der Waals surface area (Å²) in [5, 5.41) is 9.70. The minimum absolute atomic E-state index is 0.0888. The van der Waals surface area contributed by atoms with E-state index < -0.39 is 0 Å². The lowest BCUT2D eigenvalue weighted by atomic mass is 9.87. The van der Waals surface area contributed by atoms with Gasteiger partial charge in [0.25, 0.3) is 0 Å². The maximum Gasteiger partial charge on any atom is 0.223 e. The number of carbonyl (C=O) groups excluding carboxylic acids is 1. The van der Waals surface area contributed by atoms with Gasteiger partial charge in [-0.2, -0.15) is 5.10 Å². The van der Waals surface area contributed by atoms with E-state index in [2.05, 4.69) is 26.4 Å². The topological polar surface area (TPSA) is 81.9 Å². The third kappa shape index (κ3) is 4.54. The number of rotatable bonds is 7. The Morgan fingerprint density at radius 3 is 2.83 bits per heavy atom. The smallest absolute Gasteiger partial charge is 0.223 e. The number of nitrogens with one attached hydrogen (secondary N) is 1. The maximum absolute atomic E-state index is 12.5. The summed E-state index contributed by atoms with van der Waals surface area (Å²) in [4.78, 5) is 22.2. The Balaban J connectivity index is 1.43. The lowest BCUT2D eigenvalue weighted by Crippen LogP contribution is -2.36. The molecular weight excluding hydrogens is 386 g/mol. The summed E-state index contributed by atoms with van der Waals surface area (Å²) >= 11 is 1.66. The van der Waals surface area contributed by atoms with Gasteiger partial charge >= 0.3 is 0 Å². The highest BCUT2D eigenvalue weighted by molar-refractivity contribution is 7.13. The molecule has 0 unspecified atom stereocenters. The number of amides is 1. The van der Waals surface area contributed by atoms with Gasteiger partial charge in [-0.25, -0.2) is 0 Å². The Labute approximate surface area is 174 Å². The number of ether oxygens (including phenoxy) is 1. The van der Waals surface area contributed by atoms with Crippen LogP contribution in [0.4, 0.5) is 0 Å². The molecular formula is C21H25N5O2S. The van der Waals surface area contributed by atoms with Crippen molar-refractivity contribution >= 4 is 17.2 Å². The zero-order chi connectivity index (χ0) is 20.1. The first kappa shape index (κ1) is 19.7. The lowest BCUT2D eigenvalue weighted by Gasteiger charge is -2.26. The fourth-order valence-corrected chi connectivity index (χ4v) is 4.63. The van der Waals surface area contributed by atoms with Crippen molar-refractivity contribution in [1.82, 2.24) is 25.1 Å². The van der Waals surface area contributed by atoms with Crippen LogP contribution >= 0.6 is 11.3 Å². The highest BCUT2D eigenvalue weighted by Gasteiger charge is 2.26. The molecule has 0 spiro atoms. The number of hydrogen-bond donors (Lipinski definition) is 1. The molecule has 152 valence electrons. The minimum atomic E-state index is 0.0888. The predicted molar refractivity (Wildman–Crippen MR) is 112 cm³/mol. The molecule has 1 N–H and O–H groups in total. The van der Waals surface area contributed by atoms with Crippen molar-refractivity contribution in [2.24, 2.45) is 5.92 Å². The van der Waals surface area contributed by atoms with E-state index in [4.69, 9.17) is 4.74 Å². The van der Waals surface area contributed by atoms with E-state index in [9.17, 15) is 4.79 Å². The summed E-state index contributed by atoms with van der Waals surface area (Å²) in [6.45, 7) is 1.15. The lowest BCUT2D eigenvalue weighted by molar-refractivity contribution is -0.126. The van der Waals surface area contributed by atoms with Crippen molar-refractivity contribution in [3.8, 4) is 21.8 Å². The SMILES string of the molecule is COC1CCC(C(=O)NCCn2ncc(-c3cnccn3)c2-c2cccs2)CC1. The van der Waals surface area contributed by atoms with Gasteiger partial charge in [-0.15, -0.1) is 11.3 Å². The summed E-state index contributed by atoms with van der Waals surface area (Å²) in [5.74, 6) is 0.226. The minimum Gasteiger partial charge on any atom is -0.381 e. The van der Waals surface area contributed by atoms with Gasteiger partial charge in [-0.1, -0.05) is 6.07 Å². The van der Waals surface area contributed by atoms with Gasteiger partial charge in [0, 0.05) is 37.5 Å². The molecule has 0 aliphatic heterocycles. The van der Waals surface area contributed by atoms with Gasteiger partial charge < -0.3 is 10.1 Å². The molecule has 7 nitrogen and oxygen atoms in total. The van der Waals surface area contributed by atoms with Crippen molar-refractivity contribution in [2.75, 3.05) is 13.7 Å². The molecule has 0 bridgehead atoms. The fourth-order valence-electron chi connectivity index (χ4n) is 3.84. The standard InChI is InChI=1S/C21H25N5O2S/c1-28-16-6-4-15(5-7-16)21(27)24-10-11-26-20(19-3-2-12-29-19)17(13-25-26)18-14-22-8-9-23-18/h2-3,8-9,12-16H,4-7,10-11H2,1H3,(H,24,27). The summed E-state index contributed by atoms with van der Waals surface area (Å²) in [5.41, 5.74) is 2.75. The molecule has 1 aliphatic carbocycles. The Kier molecular flexibility index (Phi) is 6.31. The second kappa shape index (κ2) is 9.28. The second-order valence-electron chi connectivity index (χ2n) is 7.20. The molecule has 0 radical (unpaired) electrons. The molecule has 3 heterocycles. The number of methoxy groups -OCH3 is 1. The van der Waals surface area contributed by atoms with Gasteiger partial charge in [0.1, 0.15) is 0 Å². The van der Waals surface area contributed by atoms with Crippen LogP contribution in [0.25, 0.3) is 21.8 Å². The summed E-state index contributed by atoms with van der Waals surface area (Å²) < 4.78 is 7.34. The molecule has 0 aromatic carbocycles. The van der Waals surface area contributed by atoms with E-state index in [1.54, 1.807) is 37.0 Å². The van der Waals surface area contributed by atoms with Gasteiger partial charge in [-0.05, 0) is 37.1 Å². The van der Waals surface area contributed by atoms with E-state index >= 15 is 0 Å². The van der Waals surface area contributed by atoms with Gasteiger partial charge in [-0.3, -0.25) is 19.4 Å². The maximum atomic E-state index is 12.5. The normalized spacial score (nSPS) is 19.2. The van der Waals surface area contributed by atoms with E-state index in [0.29, 0.717) is 19.2 Å². The molecule has 3 aromatic rings. The van der Waals surface area contributed by atoms with Crippen LogP contribution in [-0.4, -0.2) is 45.4 Å². The molecule has 1 fully saturated rings. The van der Waals surface area contributed by atoms with E-state index in [1.165, 1.54) is 0 Å². The van der Waals surface area contributed by atoms with Gasteiger partial charge in [0.2, 0.25) is 5.91 Å². The summed E-state index contributed by atoms with van der Waals surface area (Å²) in [6, 6.07) is 4.10. The summed E-state index contributed by atoms with van der Waals surface area (Å²) in [7, 11) is 1.75. The van der Waals surface area contributed by atoms with Crippen LogP contribution in [0.3, 0.4) is 0 Å². The Morgan fingerprint density at radius 2 is 2.14 bits per heavy atom. The molecule has 29 heavy (non-hydrogen) atoms. The number of thiophene rings is 1.